The van der Waals surface area contributed by atoms with Crippen LogP contribution in [-0.2, 0) is 6.18 Å². The molecule has 2 heterocycles. The van der Waals surface area contributed by atoms with Gasteiger partial charge in [-0.3, -0.25) is 0 Å². The first-order valence-corrected chi connectivity index (χ1v) is 8.19. The minimum atomic E-state index is -4.39. The van der Waals surface area contributed by atoms with Crippen molar-refractivity contribution in [1.82, 2.24) is 10.3 Å². The van der Waals surface area contributed by atoms with E-state index in [9.17, 15) is 13.2 Å². The maximum Gasteiger partial charge on any atom is 0.443 e. The van der Waals surface area contributed by atoms with E-state index in [4.69, 9.17) is 0 Å². The van der Waals surface area contributed by atoms with Gasteiger partial charge in [0.15, 0.2) is 5.01 Å². The van der Waals surface area contributed by atoms with Crippen molar-refractivity contribution in [3.05, 3.63) is 35.3 Å². The van der Waals surface area contributed by atoms with Gasteiger partial charge >= 0.3 is 6.18 Å². The molecule has 1 N–H and O–H groups in total. The molecule has 0 radical (unpaired) electrons. The first kappa shape index (κ1) is 15.4. The van der Waals surface area contributed by atoms with Gasteiger partial charge in [-0.1, -0.05) is 0 Å². The highest BCUT2D eigenvalue weighted by Gasteiger charge is 2.35. The topological polar surface area (TPSA) is 24.9 Å². The number of hydrogen-bond acceptors (Lipinski definition) is 4. The van der Waals surface area contributed by atoms with Crippen molar-refractivity contribution in [3.63, 3.8) is 0 Å². The summed E-state index contributed by atoms with van der Waals surface area (Å²) in [5.74, 6) is 0. The Bertz CT molecular complexity index is 560. The number of alkyl halides is 3. The number of hydrogen-bond donors (Lipinski definition) is 1. The third-order valence-corrected chi connectivity index (χ3v) is 6.72. The molecule has 1 atom stereocenters. The number of rotatable bonds is 3. The van der Waals surface area contributed by atoms with Crippen molar-refractivity contribution in [2.45, 2.75) is 12.2 Å². The van der Waals surface area contributed by atoms with Gasteiger partial charge in [0.2, 0.25) is 0 Å². The number of nitrogens with one attached hydrogen (secondary N) is 1. The predicted molar refractivity (Wildman–Crippen MR) is 77.7 cm³/mol. The van der Waals surface area contributed by atoms with E-state index < -0.39 is 11.2 Å². The summed E-state index contributed by atoms with van der Waals surface area (Å²) in [6, 6.07) is 1.59. The molecule has 0 saturated carbocycles. The molecule has 1 unspecified atom stereocenters. The van der Waals surface area contributed by atoms with Gasteiger partial charge in [0.05, 0.1) is 9.83 Å². The SMILES string of the molecule is CNC(c1cnc(C(F)(F)F)s1)c1cc(Br)c(Br)s1. The van der Waals surface area contributed by atoms with Crippen molar-refractivity contribution >= 4 is 54.5 Å². The lowest BCUT2D eigenvalue weighted by Gasteiger charge is -2.11. The van der Waals surface area contributed by atoms with E-state index in [-0.39, 0.29) is 6.04 Å². The molecule has 2 nitrogen and oxygen atoms in total. The standard InChI is InChI=1S/C10H7Br2F3N2S2/c1-16-7(5-2-4(11)8(12)18-5)6-3-17-9(19-6)10(13,14)15/h2-3,7,16H,1H3. The molecule has 0 amide bonds. The molecule has 0 aliphatic carbocycles. The zero-order valence-corrected chi connectivity index (χ0v) is 14.2. The van der Waals surface area contributed by atoms with Crippen LogP contribution in [0.4, 0.5) is 13.2 Å². The second kappa shape index (κ2) is 5.80. The highest BCUT2D eigenvalue weighted by atomic mass is 79.9. The summed E-state index contributed by atoms with van der Waals surface area (Å²) >= 11 is 8.86. The molecule has 0 fully saturated rings. The van der Waals surface area contributed by atoms with Crippen LogP contribution in [0.2, 0.25) is 0 Å². The number of aromatic nitrogens is 1. The molecule has 0 aliphatic heterocycles. The molecule has 0 saturated heterocycles. The highest BCUT2D eigenvalue weighted by molar-refractivity contribution is 9.13. The maximum absolute atomic E-state index is 12.6. The van der Waals surface area contributed by atoms with Crippen LogP contribution in [0, 0.1) is 0 Å². The molecule has 2 aromatic heterocycles. The first-order chi connectivity index (χ1) is 8.82. The Morgan fingerprint density at radius 3 is 2.37 bits per heavy atom. The molecule has 0 spiro atoms. The lowest BCUT2D eigenvalue weighted by molar-refractivity contribution is -0.137. The first-order valence-electron chi connectivity index (χ1n) is 4.98. The summed E-state index contributed by atoms with van der Waals surface area (Å²) in [5, 5.41) is 2.19. The van der Waals surface area contributed by atoms with Crippen molar-refractivity contribution in [2.24, 2.45) is 0 Å². The highest BCUT2D eigenvalue weighted by Crippen LogP contribution is 2.40. The zero-order valence-electron chi connectivity index (χ0n) is 9.39. The Morgan fingerprint density at radius 1 is 1.26 bits per heavy atom. The molecular formula is C10H7Br2F3N2S2. The van der Waals surface area contributed by atoms with E-state index in [0.717, 1.165) is 13.1 Å². The Kier molecular flexibility index (Phi) is 4.71. The average molecular weight is 436 g/mol. The summed E-state index contributed by atoms with van der Waals surface area (Å²) in [7, 11) is 1.71. The van der Waals surface area contributed by atoms with Gasteiger partial charge in [-0.05, 0) is 45.0 Å². The van der Waals surface area contributed by atoms with E-state index in [2.05, 4.69) is 42.2 Å². The fraction of sp³-hybridized carbons (Fsp3) is 0.300. The fourth-order valence-electron chi connectivity index (χ4n) is 1.48. The molecule has 2 rings (SSSR count). The lowest BCUT2D eigenvalue weighted by Crippen LogP contribution is -2.15. The minimum absolute atomic E-state index is 0.291. The average Bonchev–Trinajstić information content (AvgIpc) is 2.88. The second-order valence-corrected chi connectivity index (χ2v) is 7.88. The minimum Gasteiger partial charge on any atom is -0.308 e. The van der Waals surface area contributed by atoms with Crippen LogP contribution < -0.4 is 5.32 Å². The Morgan fingerprint density at radius 2 is 1.95 bits per heavy atom. The maximum atomic E-state index is 12.6. The number of thiazole rings is 1. The zero-order chi connectivity index (χ0) is 14.2. The third kappa shape index (κ3) is 3.38. The van der Waals surface area contributed by atoms with Gasteiger partial charge in [0, 0.05) is 20.4 Å². The van der Waals surface area contributed by atoms with Crippen LogP contribution in [0.25, 0.3) is 0 Å². The predicted octanol–water partition coefficient (Wildman–Crippen LogP) is 5.06. The summed E-state index contributed by atoms with van der Waals surface area (Å²) in [6.07, 6.45) is -3.12. The van der Waals surface area contributed by atoms with Gasteiger partial charge in [0.1, 0.15) is 0 Å². The fourth-order valence-corrected chi connectivity index (χ4v) is 4.69. The van der Waals surface area contributed by atoms with Crippen LogP contribution in [0.15, 0.2) is 20.5 Å². The Labute approximate surface area is 132 Å². The molecule has 0 aromatic carbocycles. The van der Waals surface area contributed by atoms with E-state index >= 15 is 0 Å². The number of halogens is 5. The van der Waals surface area contributed by atoms with Crippen molar-refractivity contribution in [3.8, 4) is 0 Å². The smallest absolute Gasteiger partial charge is 0.308 e. The quantitative estimate of drug-likeness (QED) is 0.728. The van der Waals surface area contributed by atoms with Crippen molar-refractivity contribution in [1.29, 1.82) is 0 Å². The Hall–Kier alpha value is 0.0400. The van der Waals surface area contributed by atoms with Gasteiger partial charge < -0.3 is 5.32 Å². The number of thiophene rings is 1. The summed E-state index contributed by atoms with van der Waals surface area (Å²) in [4.78, 5) is 4.90. The molecule has 9 heteroatoms. The molecule has 19 heavy (non-hydrogen) atoms. The van der Waals surface area contributed by atoms with Gasteiger partial charge in [-0.15, -0.1) is 22.7 Å². The van der Waals surface area contributed by atoms with Gasteiger partial charge in [-0.25, -0.2) is 4.98 Å². The Balaban J connectivity index is 2.35. The van der Waals surface area contributed by atoms with Crippen LogP contribution in [-0.4, -0.2) is 12.0 Å². The molecule has 104 valence electrons. The van der Waals surface area contributed by atoms with Crippen LogP contribution in [0.5, 0.6) is 0 Å². The van der Waals surface area contributed by atoms with Crippen molar-refractivity contribution in [2.75, 3.05) is 7.05 Å². The normalized spacial score (nSPS) is 13.8. The van der Waals surface area contributed by atoms with Gasteiger partial charge in [-0.2, -0.15) is 13.2 Å². The summed E-state index contributed by atoms with van der Waals surface area (Å²) < 4.78 is 39.5. The van der Waals surface area contributed by atoms with E-state index in [0.29, 0.717) is 16.2 Å². The van der Waals surface area contributed by atoms with Crippen LogP contribution in [0.1, 0.15) is 20.8 Å². The molecular weight excluding hydrogens is 429 g/mol. The monoisotopic (exact) mass is 434 g/mol. The second-order valence-electron chi connectivity index (χ2n) is 3.56. The molecule has 2 aromatic rings. The largest absolute Gasteiger partial charge is 0.443 e. The number of nitrogens with zero attached hydrogens (tertiary/aromatic N) is 1. The van der Waals surface area contributed by atoms with E-state index in [1.807, 2.05) is 6.07 Å². The summed E-state index contributed by atoms with van der Waals surface area (Å²) in [5.41, 5.74) is 0. The van der Waals surface area contributed by atoms with Crippen LogP contribution in [0.3, 0.4) is 0 Å². The summed E-state index contributed by atoms with van der Waals surface area (Å²) in [6.45, 7) is 0. The van der Waals surface area contributed by atoms with E-state index in [1.54, 1.807) is 7.05 Å². The molecule has 0 bridgehead atoms. The lowest BCUT2D eigenvalue weighted by atomic mass is 10.2. The molecule has 0 aliphatic rings. The van der Waals surface area contributed by atoms with E-state index in [1.165, 1.54) is 17.5 Å². The van der Waals surface area contributed by atoms with Gasteiger partial charge in [0.25, 0.3) is 0 Å². The third-order valence-electron chi connectivity index (χ3n) is 2.29. The van der Waals surface area contributed by atoms with Crippen LogP contribution >= 0.6 is 54.5 Å². The van der Waals surface area contributed by atoms with Crippen molar-refractivity contribution < 1.29 is 13.2 Å².